The van der Waals surface area contributed by atoms with E-state index in [2.05, 4.69) is 30.9 Å². The zero-order valence-electron chi connectivity index (χ0n) is 13.8. The van der Waals surface area contributed by atoms with Gasteiger partial charge in [0.25, 0.3) is 0 Å². The quantitative estimate of drug-likeness (QED) is 0.871. The van der Waals surface area contributed by atoms with Crippen LogP contribution in [0.3, 0.4) is 0 Å². The lowest BCUT2D eigenvalue weighted by Gasteiger charge is -2.41. The highest BCUT2D eigenvalue weighted by molar-refractivity contribution is 5.06. The fourth-order valence-electron chi connectivity index (χ4n) is 3.03. The molecule has 0 bridgehead atoms. The van der Waals surface area contributed by atoms with Crippen molar-refractivity contribution in [2.75, 3.05) is 13.2 Å². The van der Waals surface area contributed by atoms with Crippen LogP contribution >= 0.6 is 0 Å². The smallest absolute Gasteiger partial charge is 0.229 e. The van der Waals surface area contributed by atoms with Gasteiger partial charge in [-0.05, 0) is 51.0 Å². The van der Waals surface area contributed by atoms with E-state index in [0.29, 0.717) is 24.5 Å². The third kappa shape index (κ3) is 3.64. The highest BCUT2D eigenvalue weighted by Crippen LogP contribution is 2.46. The molecule has 2 rings (SSSR count). The maximum Gasteiger partial charge on any atom is 0.229 e. The van der Waals surface area contributed by atoms with Gasteiger partial charge >= 0.3 is 0 Å². The van der Waals surface area contributed by atoms with Gasteiger partial charge in [-0.3, -0.25) is 0 Å². The van der Waals surface area contributed by atoms with E-state index in [1.807, 2.05) is 6.92 Å². The minimum absolute atomic E-state index is 0.204. The molecule has 1 aliphatic rings. The highest BCUT2D eigenvalue weighted by Gasteiger charge is 2.44. The van der Waals surface area contributed by atoms with E-state index < -0.39 is 0 Å². The molecule has 21 heavy (non-hydrogen) atoms. The van der Waals surface area contributed by atoms with E-state index in [1.165, 1.54) is 0 Å². The molecule has 2 N–H and O–H groups in total. The topological polar surface area (TPSA) is 74.2 Å². The molecule has 1 fully saturated rings. The molecule has 5 nitrogen and oxygen atoms in total. The molecule has 1 aromatic heterocycles. The maximum atomic E-state index is 6.09. The fourth-order valence-corrected chi connectivity index (χ4v) is 3.03. The first-order valence-corrected chi connectivity index (χ1v) is 8.10. The van der Waals surface area contributed by atoms with Crippen LogP contribution in [0.5, 0.6) is 0 Å². The summed E-state index contributed by atoms with van der Waals surface area (Å²) < 4.78 is 11.6. The van der Waals surface area contributed by atoms with E-state index in [4.69, 9.17) is 15.0 Å². The van der Waals surface area contributed by atoms with E-state index in [0.717, 1.165) is 37.9 Å². The Kier molecular flexibility index (Phi) is 5.04. The Bertz CT molecular complexity index is 446. The zero-order chi connectivity index (χ0) is 15.5. The molecular formula is C16H29N3O2. The Hall–Kier alpha value is -0.940. The summed E-state index contributed by atoms with van der Waals surface area (Å²) in [5.41, 5.74) is 5.61. The first kappa shape index (κ1) is 16.4. The van der Waals surface area contributed by atoms with Crippen LogP contribution in [-0.4, -0.2) is 23.3 Å². The van der Waals surface area contributed by atoms with Crippen LogP contribution < -0.4 is 5.73 Å². The summed E-state index contributed by atoms with van der Waals surface area (Å²) in [5, 5.41) is 4.23. The molecule has 5 heteroatoms. The molecule has 1 heterocycles. The normalized spacial score (nSPS) is 22.1. The zero-order valence-corrected chi connectivity index (χ0v) is 13.8. The van der Waals surface area contributed by atoms with Crippen LogP contribution in [0.2, 0.25) is 0 Å². The third-order valence-electron chi connectivity index (χ3n) is 4.70. The van der Waals surface area contributed by atoms with E-state index >= 15 is 0 Å². The van der Waals surface area contributed by atoms with Crippen molar-refractivity contribution in [1.82, 2.24) is 10.1 Å². The van der Waals surface area contributed by atoms with E-state index in [1.54, 1.807) is 0 Å². The van der Waals surface area contributed by atoms with Crippen LogP contribution in [0.1, 0.15) is 77.4 Å². The molecule has 1 aliphatic carbocycles. The van der Waals surface area contributed by atoms with Crippen LogP contribution in [-0.2, 0) is 10.3 Å². The summed E-state index contributed by atoms with van der Waals surface area (Å²) >= 11 is 0. The minimum atomic E-state index is -0.367. The van der Waals surface area contributed by atoms with Gasteiger partial charge in [-0.2, -0.15) is 4.98 Å². The van der Waals surface area contributed by atoms with Gasteiger partial charge in [-0.25, -0.2) is 0 Å². The van der Waals surface area contributed by atoms with Crippen LogP contribution in [0.4, 0.5) is 0 Å². The first-order chi connectivity index (χ1) is 9.92. The summed E-state index contributed by atoms with van der Waals surface area (Å²) in [5.74, 6) is 1.60. The third-order valence-corrected chi connectivity index (χ3v) is 4.70. The van der Waals surface area contributed by atoms with Crippen molar-refractivity contribution in [3.05, 3.63) is 11.7 Å². The van der Waals surface area contributed by atoms with Crippen molar-refractivity contribution in [3.8, 4) is 0 Å². The summed E-state index contributed by atoms with van der Waals surface area (Å²) in [4.78, 5) is 4.63. The molecule has 0 saturated heterocycles. The van der Waals surface area contributed by atoms with Gasteiger partial charge in [-0.15, -0.1) is 0 Å². The summed E-state index contributed by atoms with van der Waals surface area (Å²) in [7, 11) is 0. The van der Waals surface area contributed by atoms with Gasteiger partial charge in [0.05, 0.1) is 0 Å². The average Bonchev–Trinajstić information content (AvgIpc) is 2.92. The number of rotatable bonds is 6. The summed E-state index contributed by atoms with van der Waals surface area (Å²) in [6.07, 6.45) is 5.01. The molecule has 1 aromatic rings. The van der Waals surface area contributed by atoms with E-state index in [9.17, 15) is 0 Å². The molecule has 0 radical (unpaired) electrons. The molecule has 1 atom stereocenters. The number of aromatic nitrogens is 2. The Morgan fingerprint density at radius 1 is 1.29 bits per heavy atom. The van der Waals surface area contributed by atoms with Crippen LogP contribution in [0.25, 0.3) is 0 Å². The Morgan fingerprint density at radius 2 is 1.95 bits per heavy atom. The molecule has 120 valence electrons. The van der Waals surface area contributed by atoms with Crippen molar-refractivity contribution in [1.29, 1.82) is 0 Å². The van der Waals surface area contributed by atoms with Crippen molar-refractivity contribution in [3.63, 3.8) is 0 Å². The summed E-state index contributed by atoms with van der Waals surface area (Å²) in [6, 6.07) is 0. The maximum absolute atomic E-state index is 6.09. The Morgan fingerprint density at radius 3 is 2.52 bits per heavy atom. The molecule has 0 aliphatic heterocycles. The van der Waals surface area contributed by atoms with Crippen LogP contribution in [0, 0.1) is 5.41 Å². The minimum Gasteiger partial charge on any atom is -0.367 e. The van der Waals surface area contributed by atoms with Gasteiger partial charge in [-0.1, -0.05) is 25.9 Å². The number of nitrogens with two attached hydrogens (primary N) is 1. The van der Waals surface area contributed by atoms with E-state index in [-0.39, 0.29) is 11.5 Å². The lowest BCUT2D eigenvalue weighted by Crippen LogP contribution is -2.38. The SMILES string of the molecule is CCOC1(c2noc(C(C)CCN)n2)CCC(C)(C)CC1. The number of ether oxygens (including phenoxy) is 1. The fraction of sp³-hybridized carbons (Fsp3) is 0.875. The second kappa shape index (κ2) is 6.44. The van der Waals surface area contributed by atoms with Gasteiger partial charge in [0.15, 0.2) is 0 Å². The first-order valence-electron chi connectivity index (χ1n) is 8.10. The van der Waals surface area contributed by atoms with Gasteiger partial charge in [0, 0.05) is 12.5 Å². The molecular weight excluding hydrogens is 266 g/mol. The van der Waals surface area contributed by atoms with Gasteiger partial charge in [0.1, 0.15) is 5.60 Å². The van der Waals surface area contributed by atoms with Gasteiger partial charge in [0.2, 0.25) is 11.7 Å². The number of nitrogens with zero attached hydrogens (tertiary/aromatic N) is 2. The highest BCUT2D eigenvalue weighted by atomic mass is 16.5. The van der Waals surface area contributed by atoms with Crippen LogP contribution in [0.15, 0.2) is 4.52 Å². The predicted molar refractivity (Wildman–Crippen MR) is 81.9 cm³/mol. The Labute approximate surface area is 127 Å². The van der Waals surface area contributed by atoms with Gasteiger partial charge < -0.3 is 15.0 Å². The molecule has 1 unspecified atom stereocenters. The average molecular weight is 295 g/mol. The molecule has 0 amide bonds. The Balaban J connectivity index is 2.19. The largest absolute Gasteiger partial charge is 0.367 e. The molecule has 0 aromatic carbocycles. The predicted octanol–water partition coefficient (Wildman–Crippen LogP) is 3.35. The molecule has 1 saturated carbocycles. The van der Waals surface area contributed by atoms with Crippen molar-refractivity contribution >= 4 is 0 Å². The number of hydrogen-bond donors (Lipinski definition) is 1. The summed E-state index contributed by atoms with van der Waals surface area (Å²) in [6.45, 7) is 10.0. The van der Waals surface area contributed by atoms with Crippen molar-refractivity contribution < 1.29 is 9.26 Å². The second-order valence-electron chi connectivity index (χ2n) is 7.03. The molecule has 0 spiro atoms. The second-order valence-corrected chi connectivity index (χ2v) is 7.03. The lowest BCUT2D eigenvalue weighted by atomic mass is 9.70. The standard InChI is InChI=1S/C16H29N3O2/c1-5-20-16(9-7-15(3,4)8-10-16)14-18-13(21-19-14)12(2)6-11-17/h12H,5-11,17H2,1-4H3. The number of hydrogen-bond acceptors (Lipinski definition) is 5. The van der Waals surface area contributed by atoms with Crippen molar-refractivity contribution in [2.24, 2.45) is 11.1 Å². The van der Waals surface area contributed by atoms with Crippen molar-refractivity contribution in [2.45, 2.75) is 71.3 Å². The monoisotopic (exact) mass is 295 g/mol. The lowest BCUT2D eigenvalue weighted by molar-refractivity contribution is -0.0957.